The number of ether oxygens (including phenoxy) is 1. The third-order valence-corrected chi connectivity index (χ3v) is 9.52. The number of rotatable bonds is 10. The lowest BCUT2D eigenvalue weighted by atomic mass is 10.0. The Labute approximate surface area is 300 Å². The molecule has 3 heterocycles. The van der Waals surface area contributed by atoms with Gasteiger partial charge < -0.3 is 24.5 Å². The zero-order valence-corrected chi connectivity index (χ0v) is 31.9. The topological polar surface area (TPSA) is 116 Å². The number of hydrogen-bond acceptors (Lipinski definition) is 10. The molecule has 0 unspecified atom stereocenters. The van der Waals surface area contributed by atoms with Crippen LogP contribution in [0.3, 0.4) is 0 Å². The molecular weight excluding hydrogens is 657 g/mol. The van der Waals surface area contributed by atoms with E-state index in [2.05, 4.69) is 102 Å². The number of hydrogen-bond donors (Lipinski definition) is 2. The number of aliphatic imine (C=N–C) groups is 1. The average Bonchev–Trinajstić information content (AvgIpc) is 3.63. The Morgan fingerprint density at radius 2 is 1.69 bits per heavy atom. The quantitative estimate of drug-likeness (QED) is 0.0790. The maximum absolute atomic E-state index is 11.7. The molecule has 0 bridgehead atoms. The highest BCUT2D eigenvalue weighted by atomic mass is 32.1. The Hall–Kier alpha value is -4.23. The minimum Gasteiger partial charge on any atom is -0.501 e. The number of benzene rings is 1. The van der Waals surface area contributed by atoms with Crippen LogP contribution in [0.1, 0.15) is 41.8 Å². The van der Waals surface area contributed by atoms with E-state index in [9.17, 15) is 4.79 Å². The number of aryl methyl sites for hydroxylation is 2. The van der Waals surface area contributed by atoms with Crippen LogP contribution in [0.25, 0.3) is 11.1 Å². The predicted octanol–water partition coefficient (Wildman–Crippen LogP) is 6.66. The van der Waals surface area contributed by atoms with Crippen LogP contribution in [0, 0.1) is 20.8 Å². The number of nitrogens with one attached hydrogen (secondary N) is 2. The number of carbonyl (C=O) groups excluding carboxylic acids is 3. The van der Waals surface area contributed by atoms with Crippen LogP contribution >= 0.6 is 22.7 Å². The molecule has 0 radical (unpaired) electrons. The SMILES string of the molecule is C=C(/C=C(/C)OC)C(=O)Nc1nc(C)c(C)s1.C=CNC(=NC(C)(C)CN1CCN(C)CC1)c1scc(-c2ccccc2)c1C.C=O.C=O. The summed E-state index contributed by atoms with van der Waals surface area (Å²) >= 11 is 3.19. The fourth-order valence-corrected chi connectivity index (χ4v) is 6.62. The Morgan fingerprint density at radius 3 is 2.22 bits per heavy atom. The van der Waals surface area contributed by atoms with E-state index in [-0.39, 0.29) is 11.4 Å². The van der Waals surface area contributed by atoms with Crippen molar-refractivity contribution in [1.82, 2.24) is 20.1 Å². The fourth-order valence-electron chi connectivity index (χ4n) is 4.76. The van der Waals surface area contributed by atoms with Crippen molar-refractivity contribution in [3.8, 4) is 11.1 Å². The van der Waals surface area contributed by atoms with Gasteiger partial charge in [-0.05, 0) is 82.9 Å². The first-order valence-corrected chi connectivity index (χ1v) is 17.3. The van der Waals surface area contributed by atoms with Gasteiger partial charge in [0.1, 0.15) is 19.4 Å². The number of amidine groups is 1. The Morgan fingerprint density at radius 1 is 1.08 bits per heavy atom. The number of nitrogens with zero attached hydrogens (tertiary/aromatic N) is 4. The van der Waals surface area contributed by atoms with E-state index in [0.29, 0.717) is 16.5 Å². The first-order chi connectivity index (χ1) is 23.3. The van der Waals surface area contributed by atoms with E-state index >= 15 is 0 Å². The minimum absolute atomic E-state index is 0.176. The number of carbonyl (C=O) groups is 3. The minimum atomic E-state index is -0.268. The molecule has 0 atom stereocenters. The van der Waals surface area contributed by atoms with Gasteiger partial charge in [0.25, 0.3) is 5.91 Å². The molecule has 1 aliphatic heterocycles. The number of anilines is 1. The molecule has 12 heteroatoms. The predicted molar refractivity (Wildman–Crippen MR) is 207 cm³/mol. The van der Waals surface area contributed by atoms with Crippen molar-refractivity contribution >= 4 is 53.1 Å². The van der Waals surface area contributed by atoms with Crippen molar-refractivity contribution in [2.45, 2.75) is 47.1 Å². The molecule has 2 N–H and O–H groups in total. The number of aromatic nitrogens is 1. The van der Waals surface area contributed by atoms with Crippen LogP contribution in [-0.2, 0) is 19.1 Å². The molecule has 1 aromatic carbocycles. The molecular formula is C37H52N6O4S2. The maximum Gasteiger partial charge on any atom is 0.256 e. The molecule has 49 heavy (non-hydrogen) atoms. The summed E-state index contributed by atoms with van der Waals surface area (Å²) in [5.74, 6) is 1.28. The highest BCUT2D eigenvalue weighted by Crippen LogP contribution is 2.32. The summed E-state index contributed by atoms with van der Waals surface area (Å²) in [5.41, 5.74) is 4.88. The molecule has 4 rings (SSSR count). The number of methoxy groups -OCH3 is 1. The average molecular weight is 709 g/mol. The number of likely N-dealkylation sites (N-methyl/N-ethyl adjacent to an activating group) is 1. The van der Waals surface area contributed by atoms with Gasteiger partial charge in [-0.15, -0.1) is 22.7 Å². The molecule has 1 aliphatic rings. The van der Waals surface area contributed by atoms with Crippen LogP contribution < -0.4 is 10.6 Å². The van der Waals surface area contributed by atoms with Gasteiger partial charge in [-0.1, -0.05) is 43.5 Å². The van der Waals surface area contributed by atoms with Crippen LogP contribution in [-0.4, -0.2) is 92.5 Å². The van der Waals surface area contributed by atoms with Crippen molar-refractivity contribution in [3.63, 3.8) is 0 Å². The Bertz CT molecular complexity index is 1530. The number of thiazole rings is 1. The summed E-state index contributed by atoms with van der Waals surface area (Å²) < 4.78 is 4.95. The number of piperazine rings is 1. The Kier molecular flexibility index (Phi) is 18.9. The zero-order valence-electron chi connectivity index (χ0n) is 30.2. The highest BCUT2D eigenvalue weighted by molar-refractivity contribution is 7.15. The van der Waals surface area contributed by atoms with Gasteiger partial charge in [0.05, 0.1) is 29.0 Å². The molecule has 266 valence electrons. The van der Waals surface area contributed by atoms with E-state index in [1.165, 1.54) is 32.9 Å². The van der Waals surface area contributed by atoms with Gasteiger partial charge in [0.15, 0.2) is 5.13 Å². The molecule has 2 aromatic heterocycles. The number of allylic oxidation sites excluding steroid dienone is 1. The van der Waals surface area contributed by atoms with E-state index < -0.39 is 0 Å². The molecule has 0 spiro atoms. The van der Waals surface area contributed by atoms with Crippen LogP contribution in [0.5, 0.6) is 0 Å². The van der Waals surface area contributed by atoms with Gasteiger partial charge >= 0.3 is 0 Å². The summed E-state index contributed by atoms with van der Waals surface area (Å²) in [6.07, 6.45) is 3.31. The van der Waals surface area contributed by atoms with Crippen LogP contribution in [0.2, 0.25) is 0 Å². The first-order valence-electron chi connectivity index (χ1n) is 15.6. The van der Waals surface area contributed by atoms with E-state index in [1.54, 1.807) is 37.6 Å². The van der Waals surface area contributed by atoms with Crippen LogP contribution in [0.15, 0.2) is 77.5 Å². The molecule has 0 saturated carbocycles. The number of thiophene rings is 1. The normalized spacial score (nSPS) is 13.7. The van der Waals surface area contributed by atoms with E-state index in [4.69, 9.17) is 19.3 Å². The van der Waals surface area contributed by atoms with Gasteiger partial charge in [0.2, 0.25) is 0 Å². The van der Waals surface area contributed by atoms with Gasteiger partial charge in [-0.25, -0.2) is 4.98 Å². The molecule has 1 fully saturated rings. The zero-order chi connectivity index (χ0) is 37.1. The largest absolute Gasteiger partial charge is 0.501 e. The summed E-state index contributed by atoms with van der Waals surface area (Å²) in [5, 5.41) is 8.83. The lowest BCUT2D eigenvalue weighted by Gasteiger charge is -2.36. The smallest absolute Gasteiger partial charge is 0.256 e. The lowest BCUT2D eigenvalue weighted by molar-refractivity contribution is -0.112. The Balaban J connectivity index is 0.000000491. The highest BCUT2D eigenvalue weighted by Gasteiger charge is 2.25. The third-order valence-electron chi connectivity index (χ3n) is 7.44. The molecule has 1 saturated heterocycles. The first kappa shape index (κ1) is 42.8. The standard InChI is InChI=1S/C23H32N4S.C12H16N2O2S.2CH2O/c1-6-24-22(25-23(3,4)17-27-14-12-26(5)13-15-27)21-18(2)20(16-28-21)19-10-8-7-9-11-19;1-7(6-8(2)16-5)11(15)14-12-13-9(3)10(4)17-12;2*1-2/h6-11,16H,1,12-15,17H2,2-5H3,(H,24,25);6H,1H2,2-5H3,(H,13,14,15);2*1H2/b;8-6-;;. The van der Waals surface area contributed by atoms with Crippen molar-refractivity contribution in [2.24, 2.45) is 4.99 Å². The maximum atomic E-state index is 11.7. The molecule has 0 aliphatic carbocycles. The lowest BCUT2D eigenvalue weighted by Crippen LogP contribution is -2.49. The number of amides is 1. The summed E-state index contributed by atoms with van der Waals surface area (Å²) in [7, 11) is 3.74. The van der Waals surface area contributed by atoms with Gasteiger partial charge in [0, 0.05) is 43.2 Å². The molecule has 10 nitrogen and oxygen atoms in total. The summed E-state index contributed by atoms with van der Waals surface area (Å²) in [4.78, 5) is 44.3. The van der Waals surface area contributed by atoms with Crippen molar-refractivity contribution in [2.75, 3.05) is 52.2 Å². The van der Waals surface area contributed by atoms with E-state index in [0.717, 1.165) is 49.1 Å². The third kappa shape index (κ3) is 14.0. The molecule has 3 aromatic rings. The van der Waals surface area contributed by atoms with Gasteiger partial charge in [-0.2, -0.15) is 0 Å². The second kappa shape index (κ2) is 21.7. The fraction of sp³-hybridized carbons (Fsp3) is 0.378. The van der Waals surface area contributed by atoms with Crippen LogP contribution in [0.4, 0.5) is 5.13 Å². The second-order valence-electron chi connectivity index (χ2n) is 11.8. The van der Waals surface area contributed by atoms with Crippen molar-refractivity contribution < 1.29 is 19.1 Å². The van der Waals surface area contributed by atoms with E-state index in [1.807, 2.05) is 27.4 Å². The summed E-state index contributed by atoms with van der Waals surface area (Å²) in [6, 6.07) is 10.5. The van der Waals surface area contributed by atoms with Crippen molar-refractivity contribution in [3.05, 3.63) is 93.5 Å². The van der Waals surface area contributed by atoms with Crippen molar-refractivity contribution in [1.29, 1.82) is 0 Å². The van der Waals surface area contributed by atoms with Gasteiger partial charge in [-0.3, -0.25) is 20.0 Å². The molecule has 1 amide bonds. The summed E-state index contributed by atoms with van der Waals surface area (Å²) in [6.45, 7) is 29.2. The monoisotopic (exact) mass is 708 g/mol. The second-order valence-corrected chi connectivity index (χ2v) is 13.9.